The normalized spacial score (nSPS) is 11.0. The van der Waals surface area contributed by atoms with Crippen LogP contribution in [0, 0.1) is 5.92 Å². The van der Waals surface area contributed by atoms with Crippen LogP contribution in [0.2, 0.25) is 15.2 Å². The predicted octanol–water partition coefficient (Wildman–Crippen LogP) is 4.52. The second kappa shape index (κ2) is 8.05. The van der Waals surface area contributed by atoms with Crippen LogP contribution in [0.5, 0.6) is 0 Å². The number of hydrogen-bond acceptors (Lipinski definition) is 3. The SMILES string of the molecule is CC(C)COCCCNc1nc(Cl)c(Cl)cc1Cl. The highest BCUT2D eigenvalue weighted by Gasteiger charge is 2.06. The molecule has 0 aliphatic heterocycles. The second-order valence-electron chi connectivity index (χ2n) is 4.34. The Hall–Kier alpha value is -0.220. The molecule has 0 radical (unpaired) electrons. The summed E-state index contributed by atoms with van der Waals surface area (Å²) in [4.78, 5) is 4.07. The highest BCUT2D eigenvalue weighted by Crippen LogP contribution is 2.28. The summed E-state index contributed by atoms with van der Waals surface area (Å²) in [6.45, 7) is 6.47. The summed E-state index contributed by atoms with van der Waals surface area (Å²) in [5.74, 6) is 1.11. The van der Waals surface area contributed by atoms with Crippen molar-refractivity contribution in [3.8, 4) is 0 Å². The van der Waals surface area contributed by atoms with Gasteiger partial charge < -0.3 is 10.1 Å². The fourth-order valence-electron chi connectivity index (χ4n) is 1.27. The van der Waals surface area contributed by atoms with Gasteiger partial charge in [0.25, 0.3) is 0 Å². The summed E-state index contributed by atoms with van der Waals surface area (Å²) < 4.78 is 5.47. The summed E-state index contributed by atoms with van der Waals surface area (Å²) in [5, 5.41) is 4.17. The molecule has 1 aromatic heterocycles. The van der Waals surface area contributed by atoms with Gasteiger partial charge in [-0.2, -0.15) is 0 Å². The zero-order chi connectivity index (χ0) is 13.5. The summed E-state index contributed by atoms with van der Waals surface area (Å²) in [6.07, 6.45) is 0.880. The van der Waals surface area contributed by atoms with Gasteiger partial charge in [-0.3, -0.25) is 0 Å². The Labute approximate surface area is 123 Å². The summed E-state index contributed by atoms with van der Waals surface area (Å²) in [7, 11) is 0. The predicted molar refractivity (Wildman–Crippen MR) is 78.0 cm³/mol. The van der Waals surface area contributed by atoms with Crippen molar-refractivity contribution < 1.29 is 4.74 Å². The summed E-state index contributed by atoms with van der Waals surface area (Å²) >= 11 is 17.6. The van der Waals surface area contributed by atoms with Crippen molar-refractivity contribution in [3.05, 3.63) is 21.3 Å². The van der Waals surface area contributed by atoms with Crippen molar-refractivity contribution in [2.24, 2.45) is 5.92 Å². The van der Waals surface area contributed by atoms with Crippen LogP contribution in [-0.4, -0.2) is 24.7 Å². The van der Waals surface area contributed by atoms with Gasteiger partial charge in [0.2, 0.25) is 0 Å². The van der Waals surface area contributed by atoms with Gasteiger partial charge in [-0.1, -0.05) is 48.7 Å². The Morgan fingerprint density at radius 1 is 1.28 bits per heavy atom. The minimum absolute atomic E-state index is 0.250. The van der Waals surface area contributed by atoms with Crippen LogP contribution in [0.15, 0.2) is 6.07 Å². The topological polar surface area (TPSA) is 34.1 Å². The minimum Gasteiger partial charge on any atom is -0.381 e. The molecule has 0 saturated heterocycles. The van der Waals surface area contributed by atoms with Gasteiger partial charge in [0, 0.05) is 19.8 Å². The van der Waals surface area contributed by atoms with Crippen LogP contribution in [0.25, 0.3) is 0 Å². The monoisotopic (exact) mass is 310 g/mol. The zero-order valence-corrected chi connectivity index (χ0v) is 12.7. The maximum atomic E-state index is 5.98. The molecule has 0 amide bonds. The molecular formula is C12H17Cl3N2O. The van der Waals surface area contributed by atoms with Crippen molar-refractivity contribution in [2.75, 3.05) is 25.1 Å². The number of ether oxygens (including phenoxy) is 1. The molecule has 0 atom stereocenters. The van der Waals surface area contributed by atoms with Crippen molar-refractivity contribution in [1.29, 1.82) is 0 Å². The molecule has 0 aromatic carbocycles. The maximum absolute atomic E-state index is 5.98. The molecule has 3 nitrogen and oxygen atoms in total. The van der Waals surface area contributed by atoms with Crippen LogP contribution in [0.3, 0.4) is 0 Å². The van der Waals surface area contributed by atoms with E-state index in [1.165, 1.54) is 0 Å². The molecule has 0 bridgehead atoms. The molecule has 0 unspecified atom stereocenters. The van der Waals surface area contributed by atoms with Crippen molar-refractivity contribution in [1.82, 2.24) is 4.98 Å². The number of aromatic nitrogens is 1. The highest BCUT2D eigenvalue weighted by atomic mass is 35.5. The number of pyridine rings is 1. The first-order chi connectivity index (χ1) is 8.50. The molecule has 0 aliphatic carbocycles. The first-order valence-electron chi connectivity index (χ1n) is 5.84. The molecular weight excluding hydrogens is 295 g/mol. The Morgan fingerprint density at radius 3 is 2.67 bits per heavy atom. The summed E-state index contributed by atoms with van der Waals surface area (Å²) in [5.41, 5.74) is 0. The van der Waals surface area contributed by atoms with Crippen LogP contribution in [-0.2, 0) is 4.74 Å². The largest absolute Gasteiger partial charge is 0.381 e. The van der Waals surface area contributed by atoms with Crippen molar-refractivity contribution in [3.63, 3.8) is 0 Å². The minimum atomic E-state index is 0.250. The molecule has 6 heteroatoms. The highest BCUT2D eigenvalue weighted by molar-refractivity contribution is 6.42. The van der Waals surface area contributed by atoms with E-state index in [1.807, 2.05) is 0 Å². The van der Waals surface area contributed by atoms with Gasteiger partial charge in [-0.25, -0.2) is 4.98 Å². The lowest BCUT2D eigenvalue weighted by Gasteiger charge is -2.09. The van der Waals surface area contributed by atoms with Gasteiger partial charge in [-0.15, -0.1) is 0 Å². The molecule has 1 N–H and O–H groups in total. The van der Waals surface area contributed by atoms with E-state index < -0.39 is 0 Å². The molecule has 0 aliphatic rings. The van der Waals surface area contributed by atoms with Crippen LogP contribution >= 0.6 is 34.8 Å². The van der Waals surface area contributed by atoms with Crippen LogP contribution < -0.4 is 5.32 Å². The number of anilines is 1. The van der Waals surface area contributed by atoms with Gasteiger partial charge in [-0.05, 0) is 18.4 Å². The lowest BCUT2D eigenvalue weighted by molar-refractivity contribution is 0.110. The average molecular weight is 312 g/mol. The number of halogens is 3. The second-order valence-corrected chi connectivity index (χ2v) is 5.51. The third-order valence-electron chi connectivity index (χ3n) is 2.10. The molecule has 0 fully saturated rings. The molecule has 0 spiro atoms. The number of hydrogen-bond donors (Lipinski definition) is 1. The van der Waals surface area contributed by atoms with Gasteiger partial charge in [0.15, 0.2) is 0 Å². The third-order valence-corrected chi connectivity index (χ3v) is 3.06. The van der Waals surface area contributed by atoms with Crippen LogP contribution in [0.1, 0.15) is 20.3 Å². The quantitative estimate of drug-likeness (QED) is 0.594. The molecule has 0 saturated carbocycles. The third kappa shape index (κ3) is 5.61. The Bertz CT molecular complexity index is 386. The van der Waals surface area contributed by atoms with E-state index in [9.17, 15) is 0 Å². The Kier molecular flexibility index (Phi) is 7.08. The van der Waals surface area contributed by atoms with Gasteiger partial charge in [0.1, 0.15) is 11.0 Å². The van der Waals surface area contributed by atoms with Crippen molar-refractivity contribution in [2.45, 2.75) is 20.3 Å². The Morgan fingerprint density at radius 2 is 2.00 bits per heavy atom. The molecule has 102 valence electrons. The van der Waals surface area contributed by atoms with Crippen molar-refractivity contribution >= 4 is 40.6 Å². The molecule has 18 heavy (non-hydrogen) atoms. The smallest absolute Gasteiger partial charge is 0.150 e. The fourth-order valence-corrected chi connectivity index (χ4v) is 1.83. The standard InChI is InChI=1S/C12H17Cl3N2O/c1-8(2)7-18-5-3-4-16-12-10(14)6-9(13)11(15)17-12/h6,8H,3-5,7H2,1-2H3,(H,16,17). The Balaban J connectivity index is 2.29. The molecule has 1 rings (SSSR count). The van der Waals surface area contributed by atoms with E-state index in [0.29, 0.717) is 28.4 Å². The number of rotatable bonds is 7. The lowest BCUT2D eigenvalue weighted by Crippen LogP contribution is -2.09. The van der Waals surface area contributed by atoms with E-state index in [0.717, 1.165) is 19.6 Å². The maximum Gasteiger partial charge on any atom is 0.150 e. The van der Waals surface area contributed by atoms with E-state index in [1.54, 1.807) is 6.07 Å². The number of nitrogens with zero attached hydrogens (tertiary/aromatic N) is 1. The first-order valence-corrected chi connectivity index (χ1v) is 6.97. The van der Waals surface area contributed by atoms with E-state index in [4.69, 9.17) is 39.5 Å². The van der Waals surface area contributed by atoms with Crippen LogP contribution in [0.4, 0.5) is 5.82 Å². The number of nitrogens with one attached hydrogen (secondary N) is 1. The van der Waals surface area contributed by atoms with Gasteiger partial charge in [0.05, 0.1) is 10.0 Å². The van der Waals surface area contributed by atoms with E-state index in [2.05, 4.69) is 24.1 Å². The first kappa shape index (κ1) is 15.8. The molecule has 1 aromatic rings. The van der Waals surface area contributed by atoms with E-state index >= 15 is 0 Å². The molecule has 1 heterocycles. The lowest BCUT2D eigenvalue weighted by atomic mass is 10.2. The van der Waals surface area contributed by atoms with Gasteiger partial charge >= 0.3 is 0 Å². The van der Waals surface area contributed by atoms with E-state index in [-0.39, 0.29) is 5.15 Å². The summed E-state index contributed by atoms with van der Waals surface area (Å²) in [6, 6.07) is 1.58. The zero-order valence-electron chi connectivity index (χ0n) is 10.5. The average Bonchev–Trinajstić information content (AvgIpc) is 2.29. The fraction of sp³-hybridized carbons (Fsp3) is 0.583.